The Morgan fingerprint density at radius 3 is 2.61 bits per heavy atom. The molecule has 0 aromatic heterocycles. The van der Waals surface area contributed by atoms with Crippen LogP contribution in [0.4, 0.5) is 23.7 Å². The van der Waals surface area contributed by atoms with E-state index in [2.05, 4.69) is 15.4 Å². The molecule has 0 aliphatic heterocycles. The number of rotatable bonds is 4. The fourth-order valence-corrected chi connectivity index (χ4v) is 1.23. The van der Waals surface area contributed by atoms with E-state index in [-0.39, 0.29) is 12.3 Å². The van der Waals surface area contributed by atoms with Crippen molar-refractivity contribution in [2.45, 2.75) is 6.18 Å². The first-order valence-electron chi connectivity index (χ1n) is 5.19. The Hall–Kier alpha value is -1.76. The van der Waals surface area contributed by atoms with Crippen LogP contribution in [0, 0.1) is 0 Å². The van der Waals surface area contributed by atoms with Gasteiger partial charge in [-0.2, -0.15) is 13.2 Å². The highest BCUT2D eigenvalue weighted by molar-refractivity contribution is 5.85. The standard InChI is InChI=1S/C11H13F3N2O2/c1-15-6-7-18-10(17)16-9-5-3-2-4-8(9)11(12,13)14/h2-5,15H,6-7H2,1H3,(H,16,17). The molecular formula is C11H13F3N2O2. The maximum Gasteiger partial charge on any atom is 0.418 e. The van der Waals surface area contributed by atoms with Crippen LogP contribution in [0.15, 0.2) is 24.3 Å². The predicted octanol–water partition coefficient (Wildman–Crippen LogP) is 2.47. The van der Waals surface area contributed by atoms with Gasteiger partial charge in [0, 0.05) is 6.54 Å². The number of likely N-dealkylation sites (N-methyl/N-ethyl adjacent to an activating group) is 1. The molecule has 0 saturated heterocycles. The minimum atomic E-state index is -4.52. The molecule has 0 aliphatic carbocycles. The van der Waals surface area contributed by atoms with Gasteiger partial charge >= 0.3 is 12.3 Å². The van der Waals surface area contributed by atoms with Gasteiger partial charge in [0.15, 0.2) is 0 Å². The number of nitrogens with one attached hydrogen (secondary N) is 2. The summed E-state index contributed by atoms with van der Waals surface area (Å²) in [5.41, 5.74) is -1.23. The van der Waals surface area contributed by atoms with Gasteiger partial charge in [0.1, 0.15) is 6.61 Å². The quantitative estimate of drug-likeness (QED) is 0.819. The van der Waals surface area contributed by atoms with Crippen LogP contribution in [0.25, 0.3) is 0 Å². The van der Waals surface area contributed by atoms with E-state index in [1.807, 2.05) is 0 Å². The summed E-state index contributed by atoms with van der Waals surface area (Å²) in [5.74, 6) is 0. The number of halogens is 3. The summed E-state index contributed by atoms with van der Waals surface area (Å²) in [6.07, 6.45) is -5.43. The second-order valence-corrected chi connectivity index (χ2v) is 3.41. The number of alkyl halides is 3. The number of anilines is 1. The van der Waals surface area contributed by atoms with Gasteiger partial charge in [-0.3, -0.25) is 5.32 Å². The second kappa shape index (κ2) is 6.25. The third kappa shape index (κ3) is 4.25. The van der Waals surface area contributed by atoms with Crippen molar-refractivity contribution < 1.29 is 22.7 Å². The molecule has 100 valence electrons. The Labute approximate surface area is 102 Å². The van der Waals surface area contributed by atoms with Crippen molar-refractivity contribution >= 4 is 11.8 Å². The van der Waals surface area contributed by atoms with Crippen molar-refractivity contribution in [1.29, 1.82) is 0 Å². The molecule has 4 nitrogen and oxygen atoms in total. The van der Waals surface area contributed by atoms with Crippen LogP contribution in [-0.2, 0) is 10.9 Å². The van der Waals surface area contributed by atoms with E-state index in [0.29, 0.717) is 6.54 Å². The Morgan fingerprint density at radius 1 is 1.33 bits per heavy atom. The van der Waals surface area contributed by atoms with Gasteiger partial charge in [-0.25, -0.2) is 4.79 Å². The first-order chi connectivity index (χ1) is 8.45. The SMILES string of the molecule is CNCCOC(=O)Nc1ccccc1C(F)(F)F. The van der Waals surface area contributed by atoms with Crippen LogP contribution >= 0.6 is 0 Å². The first-order valence-corrected chi connectivity index (χ1v) is 5.19. The van der Waals surface area contributed by atoms with E-state index in [1.54, 1.807) is 7.05 Å². The molecule has 1 aromatic carbocycles. The Balaban J connectivity index is 2.70. The lowest BCUT2D eigenvalue weighted by Gasteiger charge is -2.13. The lowest BCUT2D eigenvalue weighted by atomic mass is 10.2. The highest BCUT2D eigenvalue weighted by Gasteiger charge is 2.33. The number of hydrogen-bond donors (Lipinski definition) is 2. The van der Waals surface area contributed by atoms with Gasteiger partial charge in [-0.1, -0.05) is 12.1 Å². The van der Waals surface area contributed by atoms with Gasteiger partial charge in [0.25, 0.3) is 0 Å². The molecule has 1 rings (SSSR count). The summed E-state index contributed by atoms with van der Waals surface area (Å²) in [7, 11) is 1.67. The van der Waals surface area contributed by atoms with Crippen molar-refractivity contribution in [2.75, 3.05) is 25.5 Å². The summed E-state index contributed by atoms with van der Waals surface area (Å²) >= 11 is 0. The zero-order chi connectivity index (χ0) is 13.6. The molecule has 0 atom stereocenters. The van der Waals surface area contributed by atoms with Crippen LogP contribution in [0.1, 0.15) is 5.56 Å². The van der Waals surface area contributed by atoms with E-state index in [4.69, 9.17) is 0 Å². The number of amides is 1. The number of carbonyl (C=O) groups is 1. The van der Waals surface area contributed by atoms with Gasteiger partial charge in [0.05, 0.1) is 11.3 Å². The molecule has 18 heavy (non-hydrogen) atoms. The monoisotopic (exact) mass is 262 g/mol. The van der Waals surface area contributed by atoms with Crippen molar-refractivity contribution in [3.8, 4) is 0 Å². The molecule has 1 aromatic rings. The molecule has 7 heteroatoms. The molecule has 0 radical (unpaired) electrons. The molecule has 0 aliphatic rings. The lowest BCUT2D eigenvalue weighted by molar-refractivity contribution is -0.136. The van der Waals surface area contributed by atoms with Crippen molar-refractivity contribution in [3.63, 3.8) is 0 Å². The van der Waals surface area contributed by atoms with Crippen LogP contribution in [0.5, 0.6) is 0 Å². The number of hydrogen-bond acceptors (Lipinski definition) is 3. The topological polar surface area (TPSA) is 50.4 Å². The zero-order valence-electron chi connectivity index (χ0n) is 9.67. The van der Waals surface area contributed by atoms with Gasteiger partial charge < -0.3 is 10.1 Å². The molecular weight excluding hydrogens is 249 g/mol. The summed E-state index contributed by atoms with van der Waals surface area (Å²) in [6.45, 7) is 0.505. The van der Waals surface area contributed by atoms with Crippen molar-refractivity contribution in [1.82, 2.24) is 5.32 Å². The average molecular weight is 262 g/mol. The smallest absolute Gasteiger partial charge is 0.418 e. The Bertz CT molecular complexity index is 408. The number of carbonyl (C=O) groups excluding carboxylic acids is 1. The highest BCUT2D eigenvalue weighted by atomic mass is 19.4. The molecule has 0 heterocycles. The molecule has 0 unspecified atom stereocenters. The largest absolute Gasteiger partial charge is 0.448 e. The summed E-state index contributed by atoms with van der Waals surface area (Å²) in [6, 6.07) is 4.71. The van der Waals surface area contributed by atoms with Crippen molar-refractivity contribution in [3.05, 3.63) is 29.8 Å². The van der Waals surface area contributed by atoms with E-state index < -0.39 is 17.8 Å². The highest BCUT2D eigenvalue weighted by Crippen LogP contribution is 2.34. The van der Waals surface area contributed by atoms with Crippen LogP contribution in [0.3, 0.4) is 0 Å². The predicted molar refractivity (Wildman–Crippen MR) is 60.3 cm³/mol. The molecule has 0 fully saturated rings. The van der Waals surface area contributed by atoms with Gasteiger partial charge in [-0.05, 0) is 19.2 Å². The fourth-order valence-electron chi connectivity index (χ4n) is 1.23. The number of ether oxygens (including phenoxy) is 1. The minimum absolute atomic E-state index is 0.0799. The summed E-state index contributed by atoms with van der Waals surface area (Å²) in [5, 5.41) is 4.80. The van der Waals surface area contributed by atoms with E-state index in [9.17, 15) is 18.0 Å². The zero-order valence-corrected chi connectivity index (χ0v) is 9.67. The third-order valence-electron chi connectivity index (χ3n) is 2.05. The molecule has 0 spiro atoms. The minimum Gasteiger partial charge on any atom is -0.448 e. The van der Waals surface area contributed by atoms with E-state index in [1.165, 1.54) is 18.2 Å². The normalized spacial score (nSPS) is 11.1. The van der Waals surface area contributed by atoms with E-state index >= 15 is 0 Å². The maximum absolute atomic E-state index is 12.6. The van der Waals surface area contributed by atoms with Crippen LogP contribution < -0.4 is 10.6 Å². The number of para-hydroxylation sites is 1. The number of benzene rings is 1. The van der Waals surface area contributed by atoms with Crippen LogP contribution in [0.2, 0.25) is 0 Å². The Morgan fingerprint density at radius 2 is 2.00 bits per heavy atom. The molecule has 0 bridgehead atoms. The first kappa shape index (κ1) is 14.3. The van der Waals surface area contributed by atoms with E-state index in [0.717, 1.165) is 6.07 Å². The maximum atomic E-state index is 12.6. The molecule has 2 N–H and O–H groups in total. The van der Waals surface area contributed by atoms with Gasteiger partial charge in [0.2, 0.25) is 0 Å². The molecule has 1 amide bonds. The lowest BCUT2D eigenvalue weighted by Crippen LogP contribution is -2.22. The molecule has 0 saturated carbocycles. The fraction of sp³-hybridized carbons (Fsp3) is 0.364. The second-order valence-electron chi connectivity index (χ2n) is 3.41. The summed E-state index contributed by atoms with van der Waals surface area (Å²) < 4.78 is 42.5. The average Bonchev–Trinajstić information content (AvgIpc) is 2.28. The Kier molecular flexibility index (Phi) is 4.96. The van der Waals surface area contributed by atoms with Gasteiger partial charge in [-0.15, -0.1) is 0 Å². The summed E-state index contributed by atoms with van der Waals surface area (Å²) in [4.78, 5) is 11.2. The third-order valence-corrected chi connectivity index (χ3v) is 2.05. The van der Waals surface area contributed by atoms with Crippen LogP contribution in [-0.4, -0.2) is 26.3 Å². The van der Waals surface area contributed by atoms with Crippen molar-refractivity contribution in [2.24, 2.45) is 0 Å².